The number of hydrogen-bond acceptors (Lipinski definition) is 28. The third-order valence-electron chi connectivity index (χ3n) is 33.4. The first kappa shape index (κ1) is 114. The predicted molar refractivity (Wildman–Crippen MR) is 570 cm³/mol. The first-order valence-corrected chi connectivity index (χ1v) is 54.6. The fourth-order valence-corrected chi connectivity index (χ4v) is 24.6. The number of fused-ring (bicyclic) bond motifs is 14. The molecule has 814 valence electrons. The summed E-state index contributed by atoms with van der Waals surface area (Å²) in [6, 6.07) is 23.6. The molecule has 0 amide bonds. The van der Waals surface area contributed by atoms with Crippen molar-refractivity contribution in [3.05, 3.63) is 159 Å². The number of hydrogen-bond donors (Lipinski definition) is 0. The van der Waals surface area contributed by atoms with E-state index in [0.29, 0.717) is 119 Å². The van der Waals surface area contributed by atoms with Crippen LogP contribution in [0, 0.1) is 27.7 Å². The topological polar surface area (TPSA) is 195 Å². The second-order valence-electron chi connectivity index (χ2n) is 50.9. The van der Waals surface area contributed by atoms with Gasteiger partial charge in [-0.2, -0.15) is 26.3 Å². The molecule has 16 aliphatic heterocycles. The molecule has 16 aliphatic rings. The Morgan fingerprint density at radius 1 is 0.306 bits per heavy atom. The van der Waals surface area contributed by atoms with Gasteiger partial charge in [0.05, 0.1) is 39.8 Å². The van der Waals surface area contributed by atoms with Crippen LogP contribution in [0.2, 0.25) is 0 Å². The van der Waals surface area contributed by atoms with Crippen molar-refractivity contribution in [1.82, 2.24) is 108 Å². The lowest BCUT2D eigenvalue weighted by Gasteiger charge is -2.59. The van der Waals surface area contributed by atoms with Crippen molar-refractivity contribution in [3.8, 4) is 28.7 Å². The molecule has 23 heterocycles. The van der Waals surface area contributed by atoms with Crippen molar-refractivity contribution < 1.29 is 50.0 Å². The number of alkyl halides is 6. The zero-order valence-electron chi connectivity index (χ0n) is 93.8. The number of aromatic nitrogens is 8. The van der Waals surface area contributed by atoms with Gasteiger partial charge in [0.15, 0.2) is 6.61 Å². The van der Waals surface area contributed by atoms with Gasteiger partial charge in [0, 0.05) is 339 Å². The highest BCUT2D eigenvalue weighted by atomic mass is 32.1. The molecular weight excluding hydrogens is 1890 g/mol. The van der Waals surface area contributed by atoms with Crippen LogP contribution < -0.4 is 23.7 Å². The van der Waals surface area contributed by atoms with Gasteiger partial charge < -0.3 is 23.7 Å². The third-order valence-corrected chi connectivity index (χ3v) is 34.4. The number of halogens is 6. The van der Waals surface area contributed by atoms with E-state index in [1.807, 2.05) is 50.0 Å². The summed E-state index contributed by atoms with van der Waals surface area (Å²) in [6.45, 7) is 77.9. The van der Waals surface area contributed by atoms with Crippen molar-refractivity contribution in [1.29, 1.82) is 0 Å². The van der Waals surface area contributed by atoms with E-state index >= 15 is 0 Å². The van der Waals surface area contributed by atoms with Crippen molar-refractivity contribution in [2.45, 2.75) is 400 Å². The first-order valence-electron chi connectivity index (χ1n) is 53.8. The Morgan fingerprint density at radius 2 is 0.660 bits per heavy atom. The van der Waals surface area contributed by atoms with Gasteiger partial charge in [-0.1, -0.05) is 29.5 Å². The number of pyridine rings is 5. The minimum absolute atomic E-state index is 0.0128. The number of likely N-dealkylation sites (tertiary alicyclic amines) is 10. The highest BCUT2D eigenvalue weighted by Crippen LogP contribution is 2.46. The lowest BCUT2D eigenvalue weighted by Crippen LogP contribution is -2.70. The third kappa shape index (κ3) is 28.6. The van der Waals surface area contributed by atoms with Crippen LogP contribution in [0.25, 0.3) is 0 Å². The number of aryl methyl sites for hydroxylation is 4. The highest BCUT2D eigenvalue weighted by molar-refractivity contribution is 7.13. The molecule has 14 unspecified atom stereocenters. The predicted octanol–water partition coefficient (Wildman–Crippen LogP) is 17.7. The van der Waals surface area contributed by atoms with E-state index in [4.69, 9.17) is 18.9 Å². The van der Waals surface area contributed by atoms with Crippen molar-refractivity contribution in [3.63, 3.8) is 0 Å². The maximum Gasteiger partial charge on any atom is 0.433 e. The van der Waals surface area contributed by atoms with Crippen molar-refractivity contribution in [2.24, 2.45) is 0 Å². The second kappa shape index (κ2) is 45.6. The summed E-state index contributed by atoms with van der Waals surface area (Å²) in [5.74, 6) is 2.16. The molecule has 0 N–H and O–H groups in total. The Balaban J connectivity index is 0.000000129. The van der Waals surface area contributed by atoms with Crippen LogP contribution in [0.4, 0.5) is 26.3 Å². The fraction of sp³-hybridized carbons (Fsp3) is 0.717. The minimum atomic E-state index is -4.36. The molecular formula is C113H174F6N22O5S. The van der Waals surface area contributed by atoms with Gasteiger partial charge in [0.25, 0.3) is 5.19 Å². The highest BCUT2D eigenvalue weighted by Gasteiger charge is 2.54. The summed E-state index contributed by atoms with van der Waals surface area (Å²) in [7, 11) is 6.70. The molecule has 14 bridgehead atoms. The Labute approximate surface area is 878 Å². The van der Waals surface area contributed by atoms with E-state index < -0.39 is 24.7 Å². The smallest absolute Gasteiger partial charge is 0.433 e. The number of nitrogens with zero attached hydrogens (tertiary/aromatic N) is 22. The molecule has 0 radical (unpaired) electrons. The maximum atomic E-state index is 12.5. The van der Waals surface area contributed by atoms with Gasteiger partial charge in [-0.25, -0.2) is 24.9 Å². The summed E-state index contributed by atoms with van der Waals surface area (Å²) < 4.78 is 99.4. The largest absolute Gasteiger partial charge is 0.481 e. The number of methoxy groups -OCH3 is 4. The lowest BCUT2D eigenvalue weighted by molar-refractivity contribution is -0.154. The molecule has 0 saturated carbocycles. The van der Waals surface area contributed by atoms with Gasteiger partial charge in [-0.3, -0.25) is 83.6 Å². The van der Waals surface area contributed by atoms with E-state index in [9.17, 15) is 26.3 Å². The van der Waals surface area contributed by atoms with E-state index in [1.54, 1.807) is 58.1 Å². The number of rotatable bonds is 20. The average molecular weight is 2070 g/mol. The zero-order chi connectivity index (χ0) is 106. The van der Waals surface area contributed by atoms with Gasteiger partial charge >= 0.3 is 12.4 Å². The van der Waals surface area contributed by atoms with E-state index in [-0.39, 0.29) is 17.0 Å². The van der Waals surface area contributed by atoms with Crippen LogP contribution in [-0.4, -0.2) is 365 Å². The molecule has 34 heteroatoms. The van der Waals surface area contributed by atoms with Crippen LogP contribution in [0.1, 0.15) is 257 Å². The van der Waals surface area contributed by atoms with E-state index in [0.717, 1.165) is 128 Å². The summed E-state index contributed by atoms with van der Waals surface area (Å²) in [4.78, 5) is 71.3. The van der Waals surface area contributed by atoms with E-state index in [1.165, 1.54) is 150 Å². The standard InChI is InChI=1S/C17H24F3N3O.3C17H27N3O.C16H22F3N3.C15H24N4.C14H23N3OS/c1-16(2,3)22-9-13-6-14(10-22)23(13)8-12-4-5-15(21-7-12)24-11-17(18,19)20;1-12-6-16(21-5)18-8-13(12)9-20-14-7-15(20)11-19(10-14)17(2,3)4;1-12-6-13(8-18-16(12)21-5)9-20-14-7-15(20)11-19(10-14)17(2,3)4;1-12-13(6-7-16(18-12)21-5)9-20-14-8-15(20)11-19(10-14)17(2,3)4;1-15(2,3)21-9-12-6-13(10-21)22(12)8-11-4-5-14(20-7-11)16(17,18)19;1-11-6-17-12(7-16-11)8-19-13-5-14(19)10-18(9-13)15(2,3)4;1-14(2,3)16-7-10-5-11(8-16)17(10)9-12-6-15-13(18-4)19-12/h4-5,7,13-14H,6,8-11H2,1-3H3;2*6,8,14-15H,7,9-11H2,1-5H3;6-7,14-15H,8-11H2,1-5H3;4-5,7,12-13H,6,8-10H2,1-3H3;6-7,13-14H,5,8-10H2,1-4H3;6,10-11H,5,7-9H2,1-4H3. The van der Waals surface area contributed by atoms with Gasteiger partial charge in [-0.15, -0.1) is 0 Å². The maximum absolute atomic E-state index is 12.5. The normalized spacial score (nSPS) is 26.8. The quantitative estimate of drug-likeness (QED) is 0.0653. The van der Waals surface area contributed by atoms with E-state index in [2.05, 4.69) is 292 Å². The van der Waals surface area contributed by atoms with Crippen LogP contribution in [-0.2, 0) is 52.0 Å². The number of piperazine rings is 7. The molecule has 16 saturated heterocycles. The molecule has 0 aliphatic carbocycles. The average Bonchev–Trinajstić information content (AvgIpc) is 1.72. The van der Waals surface area contributed by atoms with Gasteiger partial charge in [0.2, 0.25) is 23.5 Å². The Kier molecular flexibility index (Phi) is 35.3. The van der Waals surface area contributed by atoms with Crippen LogP contribution in [0.5, 0.6) is 28.7 Å². The first-order chi connectivity index (χ1) is 68.8. The molecule has 23 rings (SSSR count). The molecule has 27 nitrogen and oxygen atoms in total. The molecule has 0 spiro atoms. The monoisotopic (exact) mass is 2070 g/mol. The van der Waals surface area contributed by atoms with Crippen LogP contribution >= 0.6 is 11.3 Å². The lowest BCUT2D eigenvalue weighted by atomic mass is 9.84. The Morgan fingerprint density at radius 3 is 0.973 bits per heavy atom. The summed E-state index contributed by atoms with van der Waals surface area (Å²) in [5, 5.41) is 0.775. The molecule has 7 aromatic rings. The number of piperidine rings is 7. The Hall–Kier alpha value is -7.52. The zero-order valence-corrected chi connectivity index (χ0v) is 94.6. The van der Waals surface area contributed by atoms with Crippen LogP contribution in [0.3, 0.4) is 0 Å². The van der Waals surface area contributed by atoms with Gasteiger partial charge in [0.1, 0.15) is 5.69 Å². The molecule has 147 heavy (non-hydrogen) atoms. The second-order valence-corrected chi connectivity index (χ2v) is 51.9. The molecule has 14 atom stereocenters. The van der Waals surface area contributed by atoms with Crippen LogP contribution in [0.15, 0.2) is 91.9 Å². The van der Waals surface area contributed by atoms with Gasteiger partial charge in [-0.05, 0) is 264 Å². The summed E-state index contributed by atoms with van der Waals surface area (Å²) in [6.07, 6.45) is 13.2. The molecule has 7 aromatic heterocycles. The fourth-order valence-electron chi connectivity index (χ4n) is 23.8. The van der Waals surface area contributed by atoms with Crippen molar-refractivity contribution >= 4 is 11.3 Å². The SMILES string of the molecule is CC(C)(C)N1CC2CC(C1)N2Cc1ccc(C(F)(F)F)nc1.CC(C)(C)N1CC2CC(C1)N2Cc1ccc(OCC(F)(F)F)nc1.COc1cc(C)c(CN2C3CC2CN(C(C)(C)C)C3)cn1.COc1ccc(CN2C3CC2CN(C(C)(C)C)C3)c(C)n1.COc1ncc(CN2C3CC2CN(C(C)(C)C)C3)cc1C.COc1ncc(CN2C3CC2CN(C(C)(C)C)C3)s1.Cc1cnc(CN2C3CC2CN(C(C)(C)C)C3)cn1. The summed E-state index contributed by atoms with van der Waals surface area (Å²) in [5.41, 5.74) is 12.4. The number of ether oxygens (including phenoxy) is 5. The summed E-state index contributed by atoms with van der Waals surface area (Å²) >= 11 is 1.67. The number of thiazole rings is 1. The van der Waals surface area contributed by atoms with Crippen molar-refractivity contribution in [2.75, 3.05) is 127 Å². The minimum Gasteiger partial charge on any atom is -0.481 e. The molecule has 16 fully saturated rings. The molecule has 0 aromatic carbocycles. The Bertz CT molecular complexity index is 5260.